The van der Waals surface area contributed by atoms with E-state index in [4.69, 9.17) is 0 Å². The summed E-state index contributed by atoms with van der Waals surface area (Å²) >= 11 is 0. The first-order valence-corrected chi connectivity index (χ1v) is 6.27. The molecular formula is C13H27NO. The van der Waals surface area contributed by atoms with E-state index in [0.29, 0.717) is 11.5 Å². The van der Waals surface area contributed by atoms with Crippen LogP contribution in [0, 0.1) is 5.41 Å². The molecule has 90 valence electrons. The molecule has 0 radical (unpaired) electrons. The molecule has 1 fully saturated rings. The van der Waals surface area contributed by atoms with E-state index in [1.807, 2.05) is 13.8 Å². The molecule has 1 unspecified atom stereocenters. The number of hydrogen-bond acceptors (Lipinski definition) is 2. The smallest absolute Gasteiger partial charge is 0.0603 e. The highest BCUT2D eigenvalue weighted by molar-refractivity contribution is 4.88. The van der Waals surface area contributed by atoms with Crippen molar-refractivity contribution in [3.8, 4) is 0 Å². The number of aliphatic hydroxyl groups is 1. The first-order valence-electron chi connectivity index (χ1n) is 6.27. The highest BCUT2D eigenvalue weighted by Gasteiger charge is 2.31. The molecule has 0 bridgehead atoms. The molecule has 1 rings (SSSR count). The van der Waals surface area contributed by atoms with Crippen LogP contribution >= 0.6 is 0 Å². The second-order valence-corrected chi connectivity index (χ2v) is 6.30. The Hall–Kier alpha value is -0.0800. The van der Waals surface area contributed by atoms with E-state index in [-0.39, 0.29) is 0 Å². The van der Waals surface area contributed by atoms with Crippen LogP contribution in [-0.2, 0) is 0 Å². The predicted molar refractivity (Wildman–Crippen MR) is 65.0 cm³/mol. The Morgan fingerprint density at radius 1 is 1.33 bits per heavy atom. The fourth-order valence-electron chi connectivity index (χ4n) is 2.42. The van der Waals surface area contributed by atoms with Crippen molar-refractivity contribution >= 4 is 0 Å². The molecule has 2 nitrogen and oxygen atoms in total. The van der Waals surface area contributed by atoms with E-state index in [2.05, 4.69) is 19.2 Å². The SMILES string of the molecule is CC(C)(O)CCNC1CCCCC1(C)C. The fourth-order valence-corrected chi connectivity index (χ4v) is 2.42. The van der Waals surface area contributed by atoms with Crippen molar-refractivity contribution in [2.24, 2.45) is 5.41 Å². The lowest BCUT2D eigenvalue weighted by atomic mass is 9.73. The molecule has 0 amide bonds. The number of hydrogen-bond donors (Lipinski definition) is 2. The van der Waals surface area contributed by atoms with Gasteiger partial charge in [0.05, 0.1) is 5.60 Å². The van der Waals surface area contributed by atoms with Gasteiger partial charge in [-0.15, -0.1) is 0 Å². The fraction of sp³-hybridized carbons (Fsp3) is 1.00. The first-order chi connectivity index (χ1) is 6.81. The van der Waals surface area contributed by atoms with Gasteiger partial charge in [0, 0.05) is 6.04 Å². The lowest BCUT2D eigenvalue weighted by Crippen LogP contribution is -2.45. The van der Waals surface area contributed by atoms with Crippen molar-refractivity contribution in [3.05, 3.63) is 0 Å². The molecule has 15 heavy (non-hydrogen) atoms. The van der Waals surface area contributed by atoms with E-state index in [1.165, 1.54) is 25.7 Å². The zero-order valence-electron chi connectivity index (χ0n) is 10.8. The summed E-state index contributed by atoms with van der Waals surface area (Å²) in [6.07, 6.45) is 6.17. The van der Waals surface area contributed by atoms with Crippen LogP contribution in [0.2, 0.25) is 0 Å². The number of rotatable bonds is 4. The lowest BCUT2D eigenvalue weighted by molar-refractivity contribution is 0.0661. The summed E-state index contributed by atoms with van der Waals surface area (Å²) in [5.41, 5.74) is -0.107. The van der Waals surface area contributed by atoms with Crippen molar-refractivity contribution in [1.82, 2.24) is 5.32 Å². The Morgan fingerprint density at radius 2 is 2.00 bits per heavy atom. The van der Waals surface area contributed by atoms with Gasteiger partial charge in [0.1, 0.15) is 0 Å². The minimum atomic E-state index is -0.536. The zero-order chi connectivity index (χ0) is 11.5. The van der Waals surface area contributed by atoms with Gasteiger partial charge >= 0.3 is 0 Å². The molecular weight excluding hydrogens is 186 g/mol. The Bertz CT molecular complexity index is 193. The second-order valence-electron chi connectivity index (χ2n) is 6.30. The van der Waals surface area contributed by atoms with E-state index < -0.39 is 5.60 Å². The summed E-state index contributed by atoms with van der Waals surface area (Å²) in [6, 6.07) is 0.633. The van der Waals surface area contributed by atoms with Crippen LogP contribution in [0.3, 0.4) is 0 Å². The van der Waals surface area contributed by atoms with Gasteiger partial charge in [-0.3, -0.25) is 0 Å². The van der Waals surface area contributed by atoms with Gasteiger partial charge in [0.2, 0.25) is 0 Å². The quantitative estimate of drug-likeness (QED) is 0.752. The Morgan fingerprint density at radius 3 is 2.53 bits per heavy atom. The lowest BCUT2D eigenvalue weighted by Gasteiger charge is -2.39. The summed E-state index contributed by atoms with van der Waals surface area (Å²) in [7, 11) is 0. The van der Waals surface area contributed by atoms with Crippen LogP contribution in [0.25, 0.3) is 0 Å². The van der Waals surface area contributed by atoms with E-state index in [1.54, 1.807) is 0 Å². The monoisotopic (exact) mass is 213 g/mol. The van der Waals surface area contributed by atoms with Crippen LogP contribution < -0.4 is 5.32 Å². The highest BCUT2D eigenvalue weighted by atomic mass is 16.3. The van der Waals surface area contributed by atoms with Gasteiger partial charge in [-0.25, -0.2) is 0 Å². The third-order valence-corrected chi connectivity index (χ3v) is 3.63. The normalized spacial score (nSPS) is 26.6. The van der Waals surface area contributed by atoms with Crippen LogP contribution in [0.5, 0.6) is 0 Å². The van der Waals surface area contributed by atoms with Gasteiger partial charge in [-0.1, -0.05) is 26.7 Å². The van der Waals surface area contributed by atoms with Gasteiger partial charge in [0.25, 0.3) is 0 Å². The average Bonchev–Trinajstić information content (AvgIpc) is 2.05. The second kappa shape index (κ2) is 4.84. The molecule has 0 saturated heterocycles. The minimum absolute atomic E-state index is 0.428. The Balaban J connectivity index is 2.31. The molecule has 0 aromatic rings. The van der Waals surface area contributed by atoms with Crippen molar-refractivity contribution in [2.45, 2.75) is 71.4 Å². The van der Waals surface area contributed by atoms with Gasteiger partial charge in [0.15, 0.2) is 0 Å². The molecule has 0 aliphatic heterocycles. The first kappa shape index (κ1) is 13.0. The van der Waals surface area contributed by atoms with Crippen LogP contribution in [-0.4, -0.2) is 23.3 Å². The summed E-state index contributed by atoms with van der Waals surface area (Å²) in [4.78, 5) is 0. The molecule has 2 heteroatoms. The Labute approximate surface area is 94.5 Å². The standard InChI is InChI=1S/C13H27NO/c1-12(2)8-6-5-7-11(12)14-10-9-13(3,4)15/h11,14-15H,5-10H2,1-4H3. The van der Waals surface area contributed by atoms with Gasteiger partial charge in [-0.05, 0) is 45.1 Å². The molecule has 0 aromatic heterocycles. The van der Waals surface area contributed by atoms with Crippen molar-refractivity contribution in [3.63, 3.8) is 0 Å². The minimum Gasteiger partial charge on any atom is -0.390 e. The summed E-state index contributed by atoms with van der Waals surface area (Å²) in [5, 5.41) is 13.2. The van der Waals surface area contributed by atoms with E-state index >= 15 is 0 Å². The van der Waals surface area contributed by atoms with Gasteiger partial charge < -0.3 is 10.4 Å². The molecule has 1 atom stereocenters. The maximum absolute atomic E-state index is 9.64. The summed E-state index contributed by atoms with van der Waals surface area (Å²) in [6.45, 7) is 9.39. The third kappa shape index (κ3) is 4.52. The molecule has 0 heterocycles. The predicted octanol–water partition coefficient (Wildman–Crippen LogP) is 2.71. The number of nitrogens with one attached hydrogen (secondary N) is 1. The maximum atomic E-state index is 9.64. The maximum Gasteiger partial charge on any atom is 0.0603 e. The average molecular weight is 213 g/mol. The van der Waals surface area contributed by atoms with Crippen molar-refractivity contribution < 1.29 is 5.11 Å². The molecule has 1 aliphatic rings. The van der Waals surface area contributed by atoms with Gasteiger partial charge in [-0.2, -0.15) is 0 Å². The van der Waals surface area contributed by atoms with E-state index in [9.17, 15) is 5.11 Å². The summed E-state index contributed by atoms with van der Waals surface area (Å²) in [5.74, 6) is 0. The molecule has 0 spiro atoms. The van der Waals surface area contributed by atoms with Crippen molar-refractivity contribution in [1.29, 1.82) is 0 Å². The van der Waals surface area contributed by atoms with E-state index in [0.717, 1.165) is 13.0 Å². The topological polar surface area (TPSA) is 32.3 Å². The molecule has 1 aliphatic carbocycles. The Kier molecular flexibility index (Phi) is 4.19. The largest absolute Gasteiger partial charge is 0.390 e. The molecule has 2 N–H and O–H groups in total. The summed E-state index contributed by atoms with van der Waals surface area (Å²) < 4.78 is 0. The highest BCUT2D eigenvalue weighted by Crippen LogP contribution is 2.35. The molecule has 0 aromatic carbocycles. The van der Waals surface area contributed by atoms with Crippen molar-refractivity contribution in [2.75, 3.05) is 6.54 Å². The van der Waals surface area contributed by atoms with Crippen LogP contribution in [0.4, 0.5) is 0 Å². The third-order valence-electron chi connectivity index (χ3n) is 3.63. The zero-order valence-corrected chi connectivity index (χ0v) is 10.8. The van der Waals surface area contributed by atoms with Crippen LogP contribution in [0.1, 0.15) is 59.8 Å². The van der Waals surface area contributed by atoms with Crippen LogP contribution in [0.15, 0.2) is 0 Å². The molecule has 1 saturated carbocycles.